The fourth-order valence-electron chi connectivity index (χ4n) is 2.86. The lowest BCUT2D eigenvalue weighted by atomic mass is 10.0. The molecule has 0 aliphatic rings. The van der Waals surface area contributed by atoms with Gasteiger partial charge in [0.15, 0.2) is 0 Å². The maximum Gasteiger partial charge on any atom is 0.0320 e. The largest absolute Gasteiger partial charge is 0.306 e. The number of benzene rings is 3. The average Bonchev–Trinajstić information content (AvgIpc) is 2.56. The molecular formula is C20H21N. The topological polar surface area (TPSA) is 12.0 Å². The lowest BCUT2D eigenvalue weighted by Crippen LogP contribution is -2.20. The van der Waals surface area contributed by atoms with E-state index in [4.69, 9.17) is 0 Å². The summed E-state index contributed by atoms with van der Waals surface area (Å²) in [5.41, 5.74) is 2.72. The van der Waals surface area contributed by atoms with Crippen molar-refractivity contribution in [3.63, 3.8) is 0 Å². The Labute approximate surface area is 126 Å². The highest BCUT2D eigenvalue weighted by molar-refractivity contribution is 5.85. The summed E-state index contributed by atoms with van der Waals surface area (Å²) in [5, 5.41) is 6.35. The number of hydrogen-bond donors (Lipinski definition) is 1. The van der Waals surface area contributed by atoms with E-state index in [-0.39, 0.29) is 0 Å². The number of nitrogens with one attached hydrogen (secondary N) is 1. The van der Waals surface area contributed by atoms with Crippen LogP contribution in [0.2, 0.25) is 0 Å². The summed E-state index contributed by atoms with van der Waals surface area (Å²) in [7, 11) is 0. The molecule has 0 heterocycles. The first-order valence-corrected chi connectivity index (χ1v) is 7.63. The lowest BCUT2D eigenvalue weighted by Gasteiger charge is -2.18. The van der Waals surface area contributed by atoms with E-state index in [1.807, 2.05) is 0 Å². The molecule has 1 N–H and O–H groups in total. The molecule has 0 saturated heterocycles. The van der Waals surface area contributed by atoms with Crippen LogP contribution in [-0.2, 0) is 6.54 Å². The zero-order chi connectivity index (χ0) is 14.5. The van der Waals surface area contributed by atoms with E-state index < -0.39 is 0 Å². The van der Waals surface area contributed by atoms with E-state index in [1.54, 1.807) is 0 Å². The molecule has 3 rings (SSSR count). The Morgan fingerprint density at radius 1 is 0.810 bits per heavy atom. The first kappa shape index (κ1) is 13.8. The molecule has 1 atom stereocenters. The number of hydrogen-bond acceptors (Lipinski definition) is 1. The van der Waals surface area contributed by atoms with Crippen LogP contribution in [0.3, 0.4) is 0 Å². The summed E-state index contributed by atoms with van der Waals surface area (Å²) in [4.78, 5) is 0. The maximum absolute atomic E-state index is 3.69. The van der Waals surface area contributed by atoms with Crippen LogP contribution >= 0.6 is 0 Å². The highest BCUT2D eigenvalue weighted by atomic mass is 14.9. The predicted octanol–water partition coefficient (Wildman–Crippen LogP) is 5.08. The second-order valence-electron chi connectivity index (χ2n) is 5.39. The summed E-state index contributed by atoms with van der Waals surface area (Å²) in [6.45, 7) is 3.13. The van der Waals surface area contributed by atoms with Crippen LogP contribution in [0.5, 0.6) is 0 Å². The third-order valence-electron chi connectivity index (χ3n) is 4.03. The van der Waals surface area contributed by atoms with E-state index in [1.165, 1.54) is 21.9 Å². The minimum Gasteiger partial charge on any atom is -0.306 e. The van der Waals surface area contributed by atoms with E-state index in [0.717, 1.165) is 13.0 Å². The molecule has 3 aromatic rings. The molecule has 0 aromatic heterocycles. The summed E-state index contributed by atoms with van der Waals surface area (Å²) in [5.74, 6) is 0. The summed E-state index contributed by atoms with van der Waals surface area (Å²) in [6.07, 6.45) is 1.09. The predicted molar refractivity (Wildman–Crippen MR) is 90.3 cm³/mol. The third kappa shape index (κ3) is 3.14. The Bertz CT molecular complexity index is 698. The van der Waals surface area contributed by atoms with Crippen molar-refractivity contribution in [2.75, 3.05) is 0 Å². The smallest absolute Gasteiger partial charge is 0.0320 e. The molecule has 0 spiro atoms. The van der Waals surface area contributed by atoms with Crippen molar-refractivity contribution in [3.8, 4) is 0 Å². The van der Waals surface area contributed by atoms with Gasteiger partial charge in [-0.05, 0) is 28.3 Å². The summed E-state index contributed by atoms with van der Waals surface area (Å²) >= 11 is 0. The minimum absolute atomic E-state index is 0.408. The Balaban J connectivity index is 1.79. The van der Waals surface area contributed by atoms with Crippen LogP contribution in [0.25, 0.3) is 10.8 Å². The standard InChI is InChI=1S/C20H21N/c1-2-20(17-10-4-3-5-11-17)21-15-18-13-8-12-16-9-6-7-14-19(16)18/h3-14,20-21H,2,15H2,1H3. The highest BCUT2D eigenvalue weighted by Crippen LogP contribution is 2.21. The van der Waals surface area contributed by atoms with Gasteiger partial charge in [-0.25, -0.2) is 0 Å². The van der Waals surface area contributed by atoms with Gasteiger partial charge in [-0.3, -0.25) is 0 Å². The monoisotopic (exact) mass is 275 g/mol. The molecule has 1 unspecified atom stereocenters. The van der Waals surface area contributed by atoms with Crippen molar-refractivity contribution < 1.29 is 0 Å². The molecule has 0 bridgehead atoms. The van der Waals surface area contributed by atoms with E-state index >= 15 is 0 Å². The van der Waals surface area contributed by atoms with Crippen LogP contribution in [0, 0.1) is 0 Å². The Morgan fingerprint density at radius 3 is 2.33 bits per heavy atom. The molecule has 0 saturated carbocycles. The van der Waals surface area contributed by atoms with Crippen molar-refractivity contribution in [1.29, 1.82) is 0 Å². The number of fused-ring (bicyclic) bond motifs is 1. The van der Waals surface area contributed by atoms with Crippen LogP contribution in [-0.4, -0.2) is 0 Å². The van der Waals surface area contributed by atoms with E-state index in [9.17, 15) is 0 Å². The van der Waals surface area contributed by atoms with Gasteiger partial charge in [0.25, 0.3) is 0 Å². The zero-order valence-corrected chi connectivity index (χ0v) is 12.4. The van der Waals surface area contributed by atoms with Gasteiger partial charge in [0.05, 0.1) is 0 Å². The molecule has 3 aromatic carbocycles. The van der Waals surface area contributed by atoms with Crippen LogP contribution in [0.1, 0.15) is 30.5 Å². The fourth-order valence-corrected chi connectivity index (χ4v) is 2.86. The first-order valence-electron chi connectivity index (χ1n) is 7.63. The molecule has 0 radical (unpaired) electrons. The normalized spacial score (nSPS) is 12.4. The van der Waals surface area contributed by atoms with Crippen molar-refractivity contribution in [2.45, 2.75) is 25.9 Å². The molecule has 21 heavy (non-hydrogen) atoms. The molecular weight excluding hydrogens is 254 g/mol. The molecule has 0 aliphatic carbocycles. The van der Waals surface area contributed by atoms with Crippen molar-refractivity contribution in [3.05, 3.63) is 83.9 Å². The molecule has 106 valence electrons. The first-order chi connectivity index (χ1) is 10.4. The summed E-state index contributed by atoms with van der Waals surface area (Å²) < 4.78 is 0. The fraction of sp³-hybridized carbons (Fsp3) is 0.200. The lowest BCUT2D eigenvalue weighted by molar-refractivity contribution is 0.520. The maximum atomic E-state index is 3.69. The average molecular weight is 275 g/mol. The highest BCUT2D eigenvalue weighted by Gasteiger charge is 2.08. The minimum atomic E-state index is 0.408. The molecule has 1 nitrogen and oxygen atoms in total. The van der Waals surface area contributed by atoms with Gasteiger partial charge in [0.1, 0.15) is 0 Å². The molecule has 1 heteroatoms. The molecule has 0 fully saturated rings. The summed E-state index contributed by atoms with van der Waals surface area (Å²) in [6, 6.07) is 26.2. The molecule has 0 amide bonds. The number of rotatable bonds is 5. The van der Waals surface area contributed by atoms with E-state index in [0.29, 0.717) is 6.04 Å². The van der Waals surface area contributed by atoms with Crippen molar-refractivity contribution >= 4 is 10.8 Å². The second kappa shape index (κ2) is 6.55. The van der Waals surface area contributed by atoms with Gasteiger partial charge in [0.2, 0.25) is 0 Å². The van der Waals surface area contributed by atoms with Gasteiger partial charge < -0.3 is 5.32 Å². The second-order valence-corrected chi connectivity index (χ2v) is 5.39. The van der Waals surface area contributed by atoms with Gasteiger partial charge in [-0.1, -0.05) is 79.7 Å². The van der Waals surface area contributed by atoms with Crippen molar-refractivity contribution in [2.24, 2.45) is 0 Å². The van der Waals surface area contributed by atoms with Gasteiger partial charge in [-0.2, -0.15) is 0 Å². The van der Waals surface area contributed by atoms with Gasteiger partial charge in [-0.15, -0.1) is 0 Å². The Morgan fingerprint density at radius 2 is 1.52 bits per heavy atom. The quantitative estimate of drug-likeness (QED) is 0.684. The SMILES string of the molecule is CCC(NCc1cccc2ccccc12)c1ccccc1. The molecule has 0 aliphatic heterocycles. The Kier molecular flexibility index (Phi) is 4.32. The van der Waals surface area contributed by atoms with Gasteiger partial charge >= 0.3 is 0 Å². The third-order valence-corrected chi connectivity index (χ3v) is 4.03. The van der Waals surface area contributed by atoms with Crippen molar-refractivity contribution in [1.82, 2.24) is 5.32 Å². The zero-order valence-electron chi connectivity index (χ0n) is 12.4. The Hall–Kier alpha value is -2.12. The van der Waals surface area contributed by atoms with Crippen LogP contribution < -0.4 is 5.32 Å². The van der Waals surface area contributed by atoms with Gasteiger partial charge in [0, 0.05) is 12.6 Å². The van der Waals surface area contributed by atoms with Crippen LogP contribution in [0.15, 0.2) is 72.8 Å². The van der Waals surface area contributed by atoms with E-state index in [2.05, 4.69) is 85.0 Å². The van der Waals surface area contributed by atoms with Crippen LogP contribution in [0.4, 0.5) is 0 Å².